The van der Waals surface area contributed by atoms with Crippen LogP contribution in [0.4, 0.5) is 0 Å². The van der Waals surface area contributed by atoms with E-state index >= 15 is 0 Å². The van der Waals surface area contributed by atoms with Gasteiger partial charge in [-0.05, 0) is 48.6 Å². The molecular formula is C22H24B2O6. The number of benzene rings is 2. The third kappa shape index (κ3) is 3.37. The molecular weight excluding hydrogens is 382 g/mol. The lowest BCUT2D eigenvalue weighted by molar-refractivity contribution is -0.232. The fourth-order valence-electron chi connectivity index (χ4n) is 4.35. The van der Waals surface area contributed by atoms with Gasteiger partial charge in [0, 0.05) is 5.56 Å². The average molecular weight is 406 g/mol. The molecule has 0 unspecified atom stereocenters. The van der Waals surface area contributed by atoms with E-state index < -0.39 is 42.3 Å². The summed E-state index contributed by atoms with van der Waals surface area (Å²) in [4.78, 5) is 0. The molecule has 2 aromatic carbocycles. The van der Waals surface area contributed by atoms with Crippen molar-refractivity contribution in [3.8, 4) is 5.75 Å². The Balaban J connectivity index is 1.76. The highest BCUT2D eigenvalue weighted by atomic mass is 16.5. The molecule has 1 saturated heterocycles. The maximum absolute atomic E-state index is 10.5. The van der Waals surface area contributed by atoms with Crippen molar-refractivity contribution in [3.05, 3.63) is 63.7 Å². The molecule has 5 N–H and O–H groups in total. The Kier molecular flexibility index (Phi) is 5.49. The molecule has 1 aliphatic heterocycles. The van der Waals surface area contributed by atoms with Crippen molar-refractivity contribution >= 4 is 15.7 Å². The first kappa shape index (κ1) is 21.4. The van der Waals surface area contributed by atoms with Crippen molar-refractivity contribution in [1.82, 2.24) is 0 Å². The molecule has 30 heavy (non-hydrogen) atoms. The van der Waals surface area contributed by atoms with E-state index in [-0.39, 0.29) is 11.3 Å². The predicted molar refractivity (Wildman–Crippen MR) is 112 cm³/mol. The Morgan fingerprint density at radius 1 is 1.00 bits per heavy atom. The van der Waals surface area contributed by atoms with Crippen LogP contribution in [-0.2, 0) is 22.8 Å². The Morgan fingerprint density at radius 2 is 1.70 bits per heavy atom. The lowest BCUT2D eigenvalue weighted by Crippen LogP contribution is -2.55. The van der Waals surface area contributed by atoms with Gasteiger partial charge in [-0.3, -0.25) is 0 Å². The number of hydrogen-bond acceptors (Lipinski definition) is 6. The molecule has 4 rings (SSSR count). The zero-order valence-corrected chi connectivity index (χ0v) is 16.7. The van der Waals surface area contributed by atoms with Gasteiger partial charge < -0.3 is 30.3 Å². The molecule has 8 heteroatoms. The van der Waals surface area contributed by atoms with E-state index in [9.17, 15) is 25.5 Å². The van der Waals surface area contributed by atoms with Crippen LogP contribution in [0.25, 0.3) is 0 Å². The zero-order valence-electron chi connectivity index (χ0n) is 16.7. The highest BCUT2D eigenvalue weighted by Gasteiger charge is 2.45. The first-order chi connectivity index (χ1) is 14.1. The first-order valence-corrected chi connectivity index (χ1v) is 9.99. The highest BCUT2D eigenvalue weighted by Crippen LogP contribution is 2.41. The van der Waals surface area contributed by atoms with Crippen molar-refractivity contribution in [2.24, 2.45) is 0 Å². The number of aliphatic hydroxyl groups excluding tert-OH is 4. The second-order valence-electron chi connectivity index (χ2n) is 8.33. The number of aryl methyl sites for hydroxylation is 3. The second-order valence-corrected chi connectivity index (χ2v) is 8.33. The maximum Gasteiger partial charge on any atom is 0.121 e. The maximum atomic E-state index is 10.5. The molecule has 0 bridgehead atoms. The Labute approximate surface area is 178 Å². The van der Waals surface area contributed by atoms with Gasteiger partial charge in [0.2, 0.25) is 0 Å². The molecule has 0 saturated carbocycles. The summed E-state index contributed by atoms with van der Waals surface area (Å²) in [5, 5.41) is 49.2. The molecule has 6 nitrogen and oxygen atoms in total. The van der Waals surface area contributed by atoms with E-state index in [1.165, 1.54) is 17.2 Å². The van der Waals surface area contributed by atoms with Crippen molar-refractivity contribution in [1.29, 1.82) is 0 Å². The topological polar surface area (TPSA) is 110 Å². The molecule has 1 aliphatic carbocycles. The number of phenols is 1. The number of rotatable bonds is 4. The Morgan fingerprint density at radius 3 is 2.30 bits per heavy atom. The van der Waals surface area contributed by atoms with Gasteiger partial charge in [-0.25, -0.2) is 0 Å². The standard InChI is InChI=1S/C22H24B2O6/c1-10-6-16(26)14(21-20(29)19(28)18(27)17(9-25)30-21)8-15(10)22(23,24)13-5-4-11-2-3-12(11)7-13/h4-8,17-21,25-29H,2-3,9H2,1H3/t17-,18-,19+,20-,21+/m1/s1. The van der Waals surface area contributed by atoms with Gasteiger partial charge in [-0.2, -0.15) is 0 Å². The molecule has 2 aliphatic rings. The van der Waals surface area contributed by atoms with Gasteiger partial charge in [0.15, 0.2) is 0 Å². The van der Waals surface area contributed by atoms with Crippen LogP contribution in [-0.4, -0.2) is 72.2 Å². The van der Waals surface area contributed by atoms with Gasteiger partial charge in [-0.15, -0.1) is 0 Å². The Bertz CT molecular complexity index is 961. The van der Waals surface area contributed by atoms with E-state index in [4.69, 9.17) is 20.4 Å². The molecule has 1 fully saturated rings. The van der Waals surface area contributed by atoms with Crippen LogP contribution in [0, 0.1) is 6.92 Å². The summed E-state index contributed by atoms with van der Waals surface area (Å²) in [7, 11) is 13.1. The van der Waals surface area contributed by atoms with Crippen molar-refractivity contribution in [2.75, 3.05) is 6.61 Å². The van der Waals surface area contributed by atoms with Gasteiger partial charge in [0.25, 0.3) is 0 Å². The molecule has 5 atom stereocenters. The number of hydrogen-bond donors (Lipinski definition) is 5. The van der Waals surface area contributed by atoms with Crippen molar-refractivity contribution < 1.29 is 30.3 Å². The summed E-state index contributed by atoms with van der Waals surface area (Å²) in [6.07, 6.45) is -4.83. The lowest BCUT2D eigenvalue weighted by atomic mass is 9.47. The zero-order chi connectivity index (χ0) is 21.8. The minimum Gasteiger partial charge on any atom is -0.508 e. The highest BCUT2D eigenvalue weighted by molar-refractivity contribution is 6.42. The minimum absolute atomic E-state index is 0.164. The number of ether oxygens (including phenoxy) is 1. The molecule has 0 aromatic heterocycles. The lowest BCUT2D eigenvalue weighted by Gasteiger charge is -2.41. The SMILES string of the molecule is [B]C([B])(c1ccc2c(c1)CC2)c1cc([C@@H]2O[C@H](CO)[C@@H](O)[C@H](O)[C@H]2O)c(O)cc1C. The smallest absolute Gasteiger partial charge is 0.121 e. The Hall–Kier alpha value is -1.83. The second kappa shape index (κ2) is 7.70. The van der Waals surface area contributed by atoms with Crippen LogP contribution in [0.5, 0.6) is 5.75 Å². The van der Waals surface area contributed by atoms with Gasteiger partial charge in [0.05, 0.1) is 22.3 Å². The largest absolute Gasteiger partial charge is 0.508 e. The van der Waals surface area contributed by atoms with Gasteiger partial charge in [-0.1, -0.05) is 34.5 Å². The summed E-state index contributed by atoms with van der Waals surface area (Å²) in [6.45, 7) is 1.20. The predicted octanol–water partition coefficient (Wildman–Crippen LogP) is -0.148. The third-order valence-electron chi connectivity index (χ3n) is 6.37. The molecule has 0 spiro atoms. The molecule has 4 radical (unpaired) electrons. The first-order valence-electron chi connectivity index (χ1n) is 9.99. The van der Waals surface area contributed by atoms with Crippen LogP contribution in [0.15, 0.2) is 30.3 Å². The van der Waals surface area contributed by atoms with E-state index in [2.05, 4.69) is 0 Å². The normalized spacial score (nSPS) is 28.6. The van der Waals surface area contributed by atoms with E-state index in [1.807, 2.05) is 18.2 Å². The van der Waals surface area contributed by atoms with Crippen LogP contribution in [0.3, 0.4) is 0 Å². The van der Waals surface area contributed by atoms with Crippen molar-refractivity contribution in [2.45, 2.75) is 55.5 Å². The quantitative estimate of drug-likeness (QED) is 0.452. The molecule has 0 amide bonds. The molecule has 154 valence electrons. The average Bonchev–Trinajstić information content (AvgIpc) is 2.68. The van der Waals surface area contributed by atoms with Gasteiger partial charge in [0.1, 0.15) is 36.3 Å². The summed E-state index contributed by atoms with van der Waals surface area (Å²) in [5.41, 5.74) is 4.53. The van der Waals surface area contributed by atoms with Crippen LogP contribution in [0.1, 0.15) is 39.5 Å². The monoisotopic (exact) mass is 406 g/mol. The van der Waals surface area contributed by atoms with E-state index in [1.54, 1.807) is 13.0 Å². The van der Waals surface area contributed by atoms with E-state index in [0.717, 1.165) is 18.4 Å². The molecule has 1 heterocycles. The summed E-state index contributed by atoms with van der Waals surface area (Å²) < 4.78 is 5.60. The fourth-order valence-corrected chi connectivity index (χ4v) is 4.35. The van der Waals surface area contributed by atoms with Crippen LogP contribution < -0.4 is 0 Å². The third-order valence-corrected chi connectivity index (χ3v) is 6.37. The fraction of sp³-hybridized carbons (Fsp3) is 0.455. The molecule has 2 aromatic rings. The number of aromatic hydroxyl groups is 1. The number of aliphatic hydroxyl groups is 4. The summed E-state index contributed by atoms with van der Waals surface area (Å²) >= 11 is 0. The van der Waals surface area contributed by atoms with Crippen molar-refractivity contribution in [3.63, 3.8) is 0 Å². The van der Waals surface area contributed by atoms with Crippen LogP contribution in [0.2, 0.25) is 0 Å². The number of fused-ring (bicyclic) bond motifs is 1. The minimum atomic E-state index is -1.56. The summed E-state index contributed by atoms with van der Waals surface area (Å²) in [5.74, 6) is -0.173. The van der Waals surface area contributed by atoms with Crippen LogP contribution >= 0.6 is 0 Å². The number of phenolic OH excluding ortho intramolecular Hbond substituents is 1. The van der Waals surface area contributed by atoms with E-state index in [0.29, 0.717) is 11.1 Å². The summed E-state index contributed by atoms with van der Waals surface area (Å²) in [6, 6.07) is 8.91. The van der Waals surface area contributed by atoms with Gasteiger partial charge >= 0.3 is 0 Å².